The molecule has 0 bridgehead atoms. The third-order valence-corrected chi connectivity index (χ3v) is 6.06. The number of nitrogens with zero attached hydrogens (tertiary/aromatic N) is 1. The number of amides is 1. The first-order chi connectivity index (χ1) is 15.1. The van der Waals surface area contributed by atoms with Crippen LogP contribution in [0, 0.1) is 11.6 Å². The summed E-state index contributed by atoms with van der Waals surface area (Å²) in [5.41, 5.74) is 0.714. The number of nitrogens with one attached hydrogen (secondary N) is 2. The van der Waals surface area contributed by atoms with Gasteiger partial charge >= 0.3 is 0 Å². The van der Waals surface area contributed by atoms with Crippen LogP contribution in [0.5, 0.6) is 0 Å². The molecule has 32 heavy (non-hydrogen) atoms. The van der Waals surface area contributed by atoms with Gasteiger partial charge in [-0.25, -0.2) is 26.9 Å². The average Bonchev–Trinajstić information content (AvgIpc) is 3.19. The van der Waals surface area contributed by atoms with Crippen LogP contribution in [0.15, 0.2) is 58.0 Å². The quantitative estimate of drug-likeness (QED) is 0.505. The maximum absolute atomic E-state index is 13.9. The van der Waals surface area contributed by atoms with E-state index in [1.54, 1.807) is 26.0 Å². The van der Waals surface area contributed by atoms with Crippen molar-refractivity contribution < 1.29 is 26.4 Å². The van der Waals surface area contributed by atoms with E-state index in [0.717, 1.165) is 12.1 Å². The Bertz CT molecular complexity index is 1210. The van der Waals surface area contributed by atoms with Gasteiger partial charge in [-0.1, -0.05) is 12.1 Å². The molecule has 0 fully saturated rings. The second kappa shape index (κ2) is 10.0. The van der Waals surface area contributed by atoms with Crippen LogP contribution in [-0.2, 0) is 27.8 Å². The fourth-order valence-corrected chi connectivity index (χ4v) is 4.27. The highest BCUT2D eigenvalue weighted by molar-refractivity contribution is 7.89. The van der Waals surface area contributed by atoms with Crippen molar-refractivity contribution in [3.63, 3.8) is 0 Å². The van der Waals surface area contributed by atoms with Crippen molar-refractivity contribution in [2.24, 2.45) is 0 Å². The summed E-state index contributed by atoms with van der Waals surface area (Å²) in [5.74, 6) is -1.36. The van der Waals surface area contributed by atoms with Crippen LogP contribution in [0.4, 0.5) is 8.78 Å². The molecule has 2 aromatic carbocycles. The minimum Gasteiger partial charge on any atom is -0.441 e. The molecule has 1 heterocycles. The summed E-state index contributed by atoms with van der Waals surface area (Å²) < 4.78 is 59.4. The van der Waals surface area contributed by atoms with E-state index in [2.05, 4.69) is 15.0 Å². The predicted molar refractivity (Wildman–Crippen MR) is 114 cm³/mol. The topological polar surface area (TPSA) is 101 Å². The molecular formula is C22H23F2N3O4S. The van der Waals surface area contributed by atoms with Gasteiger partial charge in [-0.2, -0.15) is 0 Å². The van der Waals surface area contributed by atoms with E-state index < -0.39 is 21.7 Å². The summed E-state index contributed by atoms with van der Waals surface area (Å²) in [6, 6.07) is 9.21. The predicted octanol–water partition coefficient (Wildman–Crippen LogP) is 3.56. The largest absolute Gasteiger partial charge is 0.441 e. The second-order valence-corrected chi connectivity index (χ2v) is 9.16. The van der Waals surface area contributed by atoms with Crippen LogP contribution < -0.4 is 10.0 Å². The number of oxazole rings is 1. The standard InChI is InChI=1S/C22H23F2N3O4S/c1-14(2)27-32(29,30)17-5-3-4-15(10-17)12-25-21(28)8-9-22-26-13-20(31-22)18-7-6-16(23)11-19(18)24/h3-7,10-11,13-14,27H,8-9,12H2,1-2H3,(H,25,28). The van der Waals surface area contributed by atoms with Crippen molar-refractivity contribution in [3.05, 3.63) is 71.8 Å². The maximum Gasteiger partial charge on any atom is 0.240 e. The number of hydrogen-bond donors (Lipinski definition) is 2. The SMILES string of the molecule is CC(C)NS(=O)(=O)c1cccc(CNC(=O)CCc2ncc(-c3ccc(F)cc3F)o2)c1. The van der Waals surface area contributed by atoms with E-state index >= 15 is 0 Å². The molecule has 0 unspecified atom stereocenters. The number of benzene rings is 2. The second-order valence-electron chi connectivity index (χ2n) is 7.44. The first-order valence-corrected chi connectivity index (χ1v) is 11.4. The molecule has 0 saturated carbocycles. The van der Waals surface area contributed by atoms with Crippen LogP contribution in [0.1, 0.15) is 31.7 Å². The smallest absolute Gasteiger partial charge is 0.240 e. The van der Waals surface area contributed by atoms with Crippen molar-refractivity contribution in [1.29, 1.82) is 0 Å². The van der Waals surface area contributed by atoms with E-state index in [-0.39, 0.29) is 53.4 Å². The number of rotatable bonds is 9. The molecule has 0 spiro atoms. The summed E-state index contributed by atoms with van der Waals surface area (Å²) in [6.07, 6.45) is 1.57. The van der Waals surface area contributed by atoms with Crippen LogP contribution in [-0.4, -0.2) is 25.4 Å². The minimum absolute atomic E-state index is 0.0682. The molecule has 3 rings (SSSR count). The molecule has 10 heteroatoms. The summed E-state index contributed by atoms with van der Waals surface area (Å²) in [5, 5.41) is 2.72. The Kier molecular flexibility index (Phi) is 7.37. The average molecular weight is 464 g/mol. The molecule has 0 saturated heterocycles. The minimum atomic E-state index is -3.62. The lowest BCUT2D eigenvalue weighted by molar-refractivity contribution is -0.121. The Morgan fingerprint density at radius 1 is 1.16 bits per heavy atom. The Hall–Kier alpha value is -3.11. The molecule has 0 radical (unpaired) electrons. The Labute approximate surface area is 184 Å². The highest BCUT2D eigenvalue weighted by atomic mass is 32.2. The summed E-state index contributed by atoms with van der Waals surface area (Å²) >= 11 is 0. The zero-order chi connectivity index (χ0) is 23.3. The van der Waals surface area contributed by atoms with Gasteiger partial charge in [-0.3, -0.25) is 4.79 Å². The lowest BCUT2D eigenvalue weighted by Gasteiger charge is -2.11. The van der Waals surface area contributed by atoms with E-state index in [1.165, 1.54) is 24.4 Å². The number of aromatic nitrogens is 1. The number of carbonyl (C=O) groups is 1. The van der Waals surface area contributed by atoms with Crippen LogP contribution in [0.2, 0.25) is 0 Å². The van der Waals surface area contributed by atoms with Crippen molar-refractivity contribution in [3.8, 4) is 11.3 Å². The third-order valence-electron chi connectivity index (χ3n) is 4.41. The molecular weight excluding hydrogens is 440 g/mol. The number of halogens is 2. The lowest BCUT2D eigenvalue weighted by atomic mass is 10.2. The van der Waals surface area contributed by atoms with Gasteiger partial charge in [0.1, 0.15) is 11.6 Å². The molecule has 1 aromatic heterocycles. The highest BCUT2D eigenvalue weighted by Gasteiger charge is 2.16. The number of carbonyl (C=O) groups excluding carboxylic acids is 1. The molecule has 1 amide bonds. The summed E-state index contributed by atoms with van der Waals surface area (Å²) in [6.45, 7) is 3.62. The fourth-order valence-electron chi connectivity index (χ4n) is 2.95. The van der Waals surface area contributed by atoms with Gasteiger partial charge in [0.25, 0.3) is 0 Å². The van der Waals surface area contributed by atoms with E-state index in [4.69, 9.17) is 4.42 Å². The van der Waals surface area contributed by atoms with Crippen LogP contribution in [0.25, 0.3) is 11.3 Å². The van der Waals surface area contributed by atoms with Gasteiger partial charge in [-0.05, 0) is 43.7 Å². The molecule has 170 valence electrons. The Morgan fingerprint density at radius 2 is 1.94 bits per heavy atom. The van der Waals surface area contributed by atoms with Gasteiger partial charge < -0.3 is 9.73 Å². The maximum atomic E-state index is 13.9. The highest BCUT2D eigenvalue weighted by Crippen LogP contribution is 2.24. The molecule has 7 nitrogen and oxygen atoms in total. The Morgan fingerprint density at radius 3 is 2.66 bits per heavy atom. The third kappa shape index (κ3) is 6.21. The van der Waals surface area contributed by atoms with Gasteiger partial charge in [0.15, 0.2) is 11.7 Å². The van der Waals surface area contributed by atoms with E-state index in [9.17, 15) is 22.0 Å². The van der Waals surface area contributed by atoms with Crippen molar-refractivity contribution in [2.45, 2.75) is 44.2 Å². The molecule has 0 aliphatic carbocycles. The van der Waals surface area contributed by atoms with Crippen LogP contribution in [0.3, 0.4) is 0 Å². The molecule has 2 N–H and O–H groups in total. The zero-order valence-electron chi connectivity index (χ0n) is 17.6. The van der Waals surface area contributed by atoms with Crippen molar-refractivity contribution in [1.82, 2.24) is 15.0 Å². The van der Waals surface area contributed by atoms with Gasteiger partial charge in [-0.15, -0.1) is 0 Å². The molecule has 0 aliphatic heterocycles. The van der Waals surface area contributed by atoms with Crippen LogP contribution >= 0.6 is 0 Å². The number of sulfonamides is 1. The van der Waals surface area contributed by atoms with Crippen molar-refractivity contribution >= 4 is 15.9 Å². The first-order valence-electron chi connectivity index (χ1n) is 9.92. The Balaban J connectivity index is 1.54. The van der Waals surface area contributed by atoms with E-state index in [1.807, 2.05) is 0 Å². The lowest BCUT2D eigenvalue weighted by Crippen LogP contribution is -2.30. The molecule has 0 aliphatic rings. The molecule has 3 aromatic rings. The van der Waals surface area contributed by atoms with Gasteiger partial charge in [0, 0.05) is 31.5 Å². The number of aryl methyl sites for hydroxylation is 1. The molecule has 0 atom stereocenters. The number of hydrogen-bond acceptors (Lipinski definition) is 5. The van der Waals surface area contributed by atoms with Crippen molar-refractivity contribution in [2.75, 3.05) is 0 Å². The monoisotopic (exact) mass is 463 g/mol. The fraction of sp³-hybridized carbons (Fsp3) is 0.273. The normalized spacial score (nSPS) is 11.7. The van der Waals surface area contributed by atoms with E-state index in [0.29, 0.717) is 5.56 Å². The zero-order valence-corrected chi connectivity index (χ0v) is 18.4. The van der Waals surface area contributed by atoms with Gasteiger partial charge in [0.05, 0.1) is 16.7 Å². The first kappa shape index (κ1) is 23.6. The summed E-state index contributed by atoms with van der Waals surface area (Å²) in [4.78, 5) is 16.3. The van der Waals surface area contributed by atoms with Gasteiger partial charge in [0.2, 0.25) is 15.9 Å². The summed E-state index contributed by atoms with van der Waals surface area (Å²) in [7, 11) is -3.62.